The molecule has 0 bridgehead atoms. The first-order valence-corrected chi connectivity index (χ1v) is 13.2. The van der Waals surface area contributed by atoms with E-state index in [1.807, 2.05) is 54.6 Å². The number of nitrogens with one attached hydrogen (secondary N) is 1. The second kappa shape index (κ2) is 16.3. The van der Waals surface area contributed by atoms with Gasteiger partial charge in [0.05, 0.1) is 0 Å². The van der Waals surface area contributed by atoms with Crippen molar-refractivity contribution in [2.45, 2.75) is 45.1 Å². The van der Waals surface area contributed by atoms with Crippen molar-refractivity contribution in [2.75, 3.05) is 12.3 Å². The zero-order chi connectivity index (χ0) is 28.2. The Balaban J connectivity index is 0.000000431. The number of anilines is 1. The third-order valence-corrected chi connectivity index (χ3v) is 6.80. The fourth-order valence-corrected chi connectivity index (χ4v) is 4.46. The van der Waals surface area contributed by atoms with E-state index in [2.05, 4.69) is 5.32 Å². The molecule has 1 aliphatic rings. The van der Waals surface area contributed by atoms with Crippen LogP contribution in [-0.2, 0) is 16.0 Å². The summed E-state index contributed by atoms with van der Waals surface area (Å²) in [5.74, 6) is 0.534. The molecule has 0 spiro atoms. The highest BCUT2D eigenvalue weighted by Gasteiger charge is 2.29. The number of carboxylic acids is 1. The molecule has 214 valence electrons. The van der Waals surface area contributed by atoms with Crippen LogP contribution in [-0.4, -0.2) is 35.4 Å². The number of hydrogen-bond donors (Lipinski definition) is 4. The summed E-state index contributed by atoms with van der Waals surface area (Å²) in [5, 5.41) is 12.3. The summed E-state index contributed by atoms with van der Waals surface area (Å²) < 4.78 is 5.81. The first-order valence-electron chi connectivity index (χ1n) is 13.2. The highest BCUT2D eigenvalue weighted by Crippen LogP contribution is 2.28. The van der Waals surface area contributed by atoms with Gasteiger partial charge in [0.25, 0.3) is 0 Å². The van der Waals surface area contributed by atoms with E-state index in [0.717, 1.165) is 31.2 Å². The fraction of sp³-hybridized carbons (Fsp3) is 0.323. The van der Waals surface area contributed by atoms with E-state index in [1.165, 1.54) is 6.92 Å². The molecule has 0 unspecified atom stereocenters. The summed E-state index contributed by atoms with van der Waals surface area (Å²) in [6.07, 6.45) is 3.57. The molecule has 3 aromatic carbocycles. The number of benzene rings is 3. The monoisotopic (exact) mass is 567 g/mol. The van der Waals surface area contributed by atoms with Gasteiger partial charge in [0.1, 0.15) is 17.5 Å². The number of ether oxygens (including phenoxy) is 1. The number of rotatable bonds is 9. The lowest BCUT2D eigenvalue weighted by Crippen LogP contribution is -2.45. The van der Waals surface area contributed by atoms with Gasteiger partial charge in [0, 0.05) is 23.6 Å². The van der Waals surface area contributed by atoms with Crippen LogP contribution in [0.1, 0.15) is 48.5 Å². The normalized spacial score (nSPS) is 16.8. The summed E-state index contributed by atoms with van der Waals surface area (Å²) in [7, 11) is 0. The van der Waals surface area contributed by atoms with Crippen molar-refractivity contribution in [3.8, 4) is 11.5 Å². The number of para-hydroxylation sites is 1. The molecule has 4 rings (SSSR count). The number of Topliss-reactive ketones (excluding diaryl/α,β-unsaturated/α-hetero) is 1. The molecule has 40 heavy (non-hydrogen) atoms. The molecule has 0 heterocycles. The molecule has 6 N–H and O–H groups in total. The van der Waals surface area contributed by atoms with Crippen LogP contribution in [0.4, 0.5) is 5.69 Å². The summed E-state index contributed by atoms with van der Waals surface area (Å²) in [5.41, 5.74) is 13.3. The third kappa shape index (κ3) is 10.4. The largest absolute Gasteiger partial charge is 0.480 e. The smallest absolute Gasteiger partial charge is 0.326 e. The van der Waals surface area contributed by atoms with Crippen LogP contribution in [0.15, 0.2) is 78.9 Å². The number of aliphatic carboxylic acids is 1. The lowest BCUT2D eigenvalue weighted by molar-refractivity contribution is -0.142. The van der Waals surface area contributed by atoms with Crippen LogP contribution in [0.2, 0.25) is 0 Å². The fourth-order valence-electron chi connectivity index (χ4n) is 4.46. The van der Waals surface area contributed by atoms with Gasteiger partial charge in [-0.1, -0.05) is 30.3 Å². The van der Waals surface area contributed by atoms with E-state index in [4.69, 9.17) is 16.2 Å². The third-order valence-electron chi connectivity index (χ3n) is 6.80. The van der Waals surface area contributed by atoms with Gasteiger partial charge in [-0.25, -0.2) is 4.79 Å². The molecular weight excluding hydrogens is 530 g/mol. The Hall–Kier alpha value is -3.88. The van der Waals surface area contributed by atoms with Gasteiger partial charge < -0.3 is 26.6 Å². The van der Waals surface area contributed by atoms with Crippen molar-refractivity contribution in [1.29, 1.82) is 0 Å². The number of hydrogen-bond acceptors (Lipinski definition) is 6. The van der Waals surface area contributed by atoms with E-state index in [1.54, 1.807) is 24.3 Å². The standard InChI is InChI=1S/C23H28N2O4.C8H9NO.ClH/c24-15-16-9-11-18(12-10-16)22(26)25-21(23(27)28)14-17-5-4-8-20(13-17)29-19-6-2-1-3-7-19;1-6(10)7-2-4-8(9)5-3-7;/h1-8,13,16,18,21H,9-12,14-15,24H2,(H,25,26)(H,27,28);2-5H,9H2,1H3;1H/t16?,18?,21-;;/m0../s1. The van der Waals surface area contributed by atoms with E-state index >= 15 is 0 Å². The molecule has 9 heteroatoms. The maximum atomic E-state index is 12.6. The SMILES string of the molecule is CC(=O)c1ccc(N)cc1.Cl.NCC1CCC(C(=O)N[C@@H](Cc2cccc(Oc3ccccc3)c2)C(=O)O)CC1. The van der Waals surface area contributed by atoms with Crippen molar-refractivity contribution in [2.24, 2.45) is 17.6 Å². The lowest BCUT2D eigenvalue weighted by Gasteiger charge is -2.27. The van der Waals surface area contributed by atoms with Gasteiger partial charge in [-0.3, -0.25) is 9.59 Å². The van der Waals surface area contributed by atoms with Crippen LogP contribution >= 0.6 is 12.4 Å². The molecular formula is C31H38ClN3O5. The number of halogens is 1. The maximum Gasteiger partial charge on any atom is 0.326 e. The zero-order valence-electron chi connectivity index (χ0n) is 22.6. The Bertz CT molecular complexity index is 1230. The minimum atomic E-state index is -1.04. The van der Waals surface area contributed by atoms with Crippen LogP contribution in [0.25, 0.3) is 0 Å². The maximum absolute atomic E-state index is 12.6. The predicted molar refractivity (Wildman–Crippen MR) is 159 cm³/mol. The molecule has 0 aliphatic heterocycles. The van der Waals surface area contributed by atoms with Crippen molar-refractivity contribution < 1.29 is 24.2 Å². The predicted octanol–water partition coefficient (Wildman–Crippen LogP) is 5.25. The van der Waals surface area contributed by atoms with Crippen molar-refractivity contribution in [3.63, 3.8) is 0 Å². The van der Waals surface area contributed by atoms with E-state index in [9.17, 15) is 19.5 Å². The Kier molecular flexibility index (Phi) is 13.2. The molecule has 0 radical (unpaired) electrons. The minimum absolute atomic E-state index is 0. The number of carboxylic acid groups (broad SMARTS) is 1. The first-order chi connectivity index (χ1) is 18.7. The lowest BCUT2D eigenvalue weighted by atomic mass is 9.81. The summed E-state index contributed by atoms with van der Waals surface area (Å²) >= 11 is 0. The number of amides is 1. The van der Waals surface area contributed by atoms with Gasteiger partial charge in [0.15, 0.2) is 5.78 Å². The first kappa shape index (κ1) is 32.3. The van der Waals surface area contributed by atoms with Crippen molar-refractivity contribution >= 4 is 35.8 Å². The summed E-state index contributed by atoms with van der Waals surface area (Å²) in [6.45, 7) is 2.18. The van der Waals surface area contributed by atoms with Gasteiger partial charge in [0.2, 0.25) is 5.91 Å². The van der Waals surface area contributed by atoms with Crippen LogP contribution in [0.3, 0.4) is 0 Å². The second-order valence-corrected chi connectivity index (χ2v) is 9.80. The zero-order valence-corrected chi connectivity index (χ0v) is 23.4. The number of ketones is 1. The number of carbonyl (C=O) groups is 3. The molecule has 1 saturated carbocycles. The Morgan fingerprint density at radius 3 is 2.12 bits per heavy atom. The Labute approximate surface area is 241 Å². The van der Waals surface area contributed by atoms with Gasteiger partial charge in [-0.15, -0.1) is 12.4 Å². The van der Waals surface area contributed by atoms with Crippen LogP contribution in [0.5, 0.6) is 11.5 Å². The summed E-state index contributed by atoms with van der Waals surface area (Å²) in [6, 6.07) is 22.6. The van der Waals surface area contributed by atoms with E-state index in [-0.39, 0.29) is 36.4 Å². The van der Waals surface area contributed by atoms with Gasteiger partial charge in [-0.2, -0.15) is 0 Å². The Morgan fingerprint density at radius 1 is 0.925 bits per heavy atom. The topological polar surface area (TPSA) is 145 Å². The molecule has 1 fully saturated rings. The number of nitrogen functional groups attached to an aromatic ring is 1. The molecule has 1 aliphatic carbocycles. The van der Waals surface area contributed by atoms with E-state index in [0.29, 0.717) is 35.2 Å². The molecule has 1 amide bonds. The van der Waals surface area contributed by atoms with Crippen LogP contribution in [0, 0.1) is 11.8 Å². The highest BCUT2D eigenvalue weighted by molar-refractivity contribution is 5.94. The van der Waals surface area contributed by atoms with E-state index < -0.39 is 12.0 Å². The van der Waals surface area contributed by atoms with Gasteiger partial charge >= 0.3 is 5.97 Å². The average Bonchev–Trinajstić information content (AvgIpc) is 2.94. The second-order valence-electron chi connectivity index (χ2n) is 9.80. The molecule has 8 nitrogen and oxygen atoms in total. The number of carbonyl (C=O) groups excluding carboxylic acids is 2. The quantitative estimate of drug-likeness (QED) is 0.204. The van der Waals surface area contributed by atoms with Crippen molar-refractivity contribution in [3.05, 3.63) is 90.0 Å². The highest BCUT2D eigenvalue weighted by atomic mass is 35.5. The summed E-state index contributed by atoms with van der Waals surface area (Å²) in [4.78, 5) is 35.0. The average molecular weight is 568 g/mol. The molecule has 3 aromatic rings. The minimum Gasteiger partial charge on any atom is -0.480 e. The van der Waals surface area contributed by atoms with Crippen LogP contribution < -0.4 is 21.5 Å². The molecule has 0 saturated heterocycles. The van der Waals surface area contributed by atoms with Gasteiger partial charge in [-0.05, 0) is 99.2 Å². The van der Waals surface area contributed by atoms with Crippen molar-refractivity contribution in [1.82, 2.24) is 5.32 Å². The molecule has 0 aromatic heterocycles. The Morgan fingerprint density at radius 2 is 1.55 bits per heavy atom. The number of nitrogens with two attached hydrogens (primary N) is 2. The molecule has 1 atom stereocenters.